The molecular formula is C10H10BrNO2. The molecule has 0 spiro atoms. The molecule has 0 aliphatic carbocycles. The van der Waals surface area contributed by atoms with Crippen molar-refractivity contribution < 1.29 is 9.53 Å². The second-order valence-corrected chi connectivity index (χ2v) is 3.34. The van der Waals surface area contributed by atoms with Gasteiger partial charge in [0.2, 0.25) is 0 Å². The molecule has 0 saturated carbocycles. The third-order valence-corrected chi connectivity index (χ3v) is 2.15. The van der Waals surface area contributed by atoms with Gasteiger partial charge in [0.1, 0.15) is 0 Å². The van der Waals surface area contributed by atoms with E-state index in [4.69, 9.17) is 4.74 Å². The van der Waals surface area contributed by atoms with Crippen molar-refractivity contribution in [2.45, 2.75) is 6.92 Å². The van der Waals surface area contributed by atoms with Crippen molar-refractivity contribution in [3.8, 4) is 0 Å². The molecule has 0 bridgehead atoms. The van der Waals surface area contributed by atoms with Gasteiger partial charge >= 0.3 is 5.97 Å². The average molecular weight is 256 g/mol. The molecule has 0 aromatic carbocycles. The number of halogens is 1. The fourth-order valence-corrected chi connectivity index (χ4v) is 1.25. The van der Waals surface area contributed by atoms with E-state index in [1.54, 1.807) is 31.5 Å². The van der Waals surface area contributed by atoms with Crippen molar-refractivity contribution in [3.63, 3.8) is 0 Å². The van der Waals surface area contributed by atoms with Crippen LogP contribution in [0.2, 0.25) is 0 Å². The SMILES string of the molecule is CCOC(=O)C=Cc1ccncc1Br. The minimum Gasteiger partial charge on any atom is -0.463 e. The van der Waals surface area contributed by atoms with Crippen LogP contribution in [-0.2, 0) is 9.53 Å². The molecule has 14 heavy (non-hydrogen) atoms. The van der Waals surface area contributed by atoms with E-state index in [9.17, 15) is 4.79 Å². The van der Waals surface area contributed by atoms with Gasteiger partial charge in [-0.25, -0.2) is 4.79 Å². The first kappa shape index (κ1) is 10.9. The zero-order valence-electron chi connectivity index (χ0n) is 7.74. The molecule has 74 valence electrons. The van der Waals surface area contributed by atoms with Gasteiger partial charge in [-0.3, -0.25) is 4.98 Å². The van der Waals surface area contributed by atoms with E-state index in [1.807, 2.05) is 0 Å². The van der Waals surface area contributed by atoms with Crippen LogP contribution >= 0.6 is 15.9 Å². The molecule has 0 atom stereocenters. The number of carbonyl (C=O) groups is 1. The number of pyridine rings is 1. The molecule has 0 saturated heterocycles. The van der Waals surface area contributed by atoms with Crippen molar-refractivity contribution in [1.29, 1.82) is 0 Å². The van der Waals surface area contributed by atoms with Gasteiger partial charge in [-0.05, 0) is 40.6 Å². The lowest BCUT2D eigenvalue weighted by molar-refractivity contribution is -0.137. The maximum Gasteiger partial charge on any atom is 0.330 e. The van der Waals surface area contributed by atoms with Crippen LogP contribution in [0.1, 0.15) is 12.5 Å². The van der Waals surface area contributed by atoms with Crippen LogP contribution in [0.5, 0.6) is 0 Å². The number of nitrogens with zero attached hydrogens (tertiary/aromatic N) is 1. The Morgan fingerprint density at radius 3 is 3.14 bits per heavy atom. The Balaban J connectivity index is 2.69. The Morgan fingerprint density at radius 1 is 1.71 bits per heavy atom. The molecule has 1 aromatic rings. The molecule has 0 unspecified atom stereocenters. The number of ether oxygens (including phenoxy) is 1. The van der Waals surface area contributed by atoms with E-state index in [0.717, 1.165) is 10.0 Å². The second kappa shape index (κ2) is 5.54. The van der Waals surface area contributed by atoms with E-state index in [2.05, 4.69) is 20.9 Å². The summed E-state index contributed by atoms with van der Waals surface area (Å²) in [5, 5.41) is 0. The van der Waals surface area contributed by atoms with Crippen molar-refractivity contribution in [3.05, 3.63) is 34.6 Å². The molecular weight excluding hydrogens is 246 g/mol. The fourth-order valence-electron chi connectivity index (χ4n) is 0.869. The zero-order valence-corrected chi connectivity index (χ0v) is 9.32. The lowest BCUT2D eigenvalue weighted by Gasteiger charge is -1.97. The molecule has 0 fully saturated rings. The van der Waals surface area contributed by atoms with Crippen molar-refractivity contribution in [2.24, 2.45) is 0 Å². The predicted molar refractivity (Wildman–Crippen MR) is 57.6 cm³/mol. The monoisotopic (exact) mass is 255 g/mol. The second-order valence-electron chi connectivity index (χ2n) is 2.48. The van der Waals surface area contributed by atoms with Crippen LogP contribution in [0.25, 0.3) is 6.08 Å². The number of carbonyl (C=O) groups excluding carboxylic acids is 1. The lowest BCUT2D eigenvalue weighted by Crippen LogP contribution is -1.98. The zero-order chi connectivity index (χ0) is 10.4. The molecule has 1 aromatic heterocycles. The van der Waals surface area contributed by atoms with E-state index in [1.165, 1.54) is 6.08 Å². The number of aromatic nitrogens is 1. The molecule has 0 aliphatic heterocycles. The Kier molecular flexibility index (Phi) is 4.32. The van der Waals surface area contributed by atoms with Crippen LogP contribution in [0.15, 0.2) is 29.0 Å². The molecule has 1 rings (SSSR count). The van der Waals surface area contributed by atoms with Gasteiger partial charge in [-0.2, -0.15) is 0 Å². The van der Waals surface area contributed by atoms with E-state index in [-0.39, 0.29) is 5.97 Å². The van der Waals surface area contributed by atoms with Gasteiger partial charge in [0.25, 0.3) is 0 Å². The largest absolute Gasteiger partial charge is 0.463 e. The van der Waals surface area contributed by atoms with Gasteiger partial charge in [-0.15, -0.1) is 0 Å². The summed E-state index contributed by atoms with van der Waals surface area (Å²) in [5.41, 5.74) is 0.896. The molecule has 0 aliphatic rings. The summed E-state index contributed by atoms with van der Waals surface area (Å²) in [7, 11) is 0. The lowest BCUT2D eigenvalue weighted by atomic mass is 10.2. The summed E-state index contributed by atoms with van der Waals surface area (Å²) in [6.07, 6.45) is 6.41. The van der Waals surface area contributed by atoms with E-state index in [0.29, 0.717) is 6.61 Å². The van der Waals surface area contributed by atoms with Crippen LogP contribution in [0, 0.1) is 0 Å². The summed E-state index contributed by atoms with van der Waals surface area (Å²) >= 11 is 3.32. The van der Waals surface area contributed by atoms with Crippen LogP contribution in [0.4, 0.5) is 0 Å². The first-order valence-electron chi connectivity index (χ1n) is 4.18. The number of hydrogen-bond donors (Lipinski definition) is 0. The minimum absolute atomic E-state index is 0.337. The van der Waals surface area contributed by atoms with Crippen LogP contribution in [0.3, 0.4) is 0 Å². The smallest absolute Gasteiger partial charge is 0.330 e. The third-order valence-electron chi connectivity index (χ3n) is 1.49. The quantitative estimate of drug-likeness (QED) is 0.615. The van der Waals surface area contributed by atoms with Gasteiger partial charge < -0.3 is 4.74 Å². The molecule has 0 amide bonds. The highest BCUT2D eigenvalue weighted by Gasteiger charge is 1.96. The number of rotatable bonds is 3. The van der Waals surface area contributed by atoms with Crippen molar-refractivity contribution >= 4 is 28.0 Å². The Bertz CT molecular complexity index is 350. The topological polar surface area (TPSA) is 39.2 Å². The molecule has 0 radical (unpaired) electrons. The Labute approximate surface area is 90.9 Å². The maximum absolute atomic E-state index is 11.0. The van der Waals surface area contributed by atoms with Gasteiger partial charge in [0.05, 0.1) is 6.61 Å². The minimum atomic E-state index is -0.337. The van der Waals surface area contributed by atoms with Crippen LogP contribution in [-0.4, -0.2) is 17.6 Å². The first-order valence-corrected chi connectivity index (χ1v) is 4.97. The number of hydrogen-bond acceptors (Lipinski definition) is 3. The summed E-state index contributed by atoms with van der Waals surface area (Å²) in [5.74, 6) is -0.337. The normalized spacial score (nSPS) is 10.4. The summed E-state index contributed by atoms with van der Waals surface area (Å²) < 4.78 is 5.59. The van der Waals surface area contributed by atoms with E-state index < -0.39 is 0 Å². The van der Waals surface area contributed by atoms with Gasteiger partial charge in [-0.1, -0.05) is 0 Å². The molecule has 0 N–H and O–H groups in total. The summed E-state index contributed by atoms with van der Waals surface area (Å²) in [6, 6.07) is 1.81. The van der Waals surface area contributed by atoms with E-state index >= 15 is 0 Å². The molecule has 4 heteroatoms. The maximum atomic E-state index is 11.0. The highest BCUT2D eigenvalue weighted by molar-refractivity contribution is 9.10. The van der Waals surface area contributed by atoms with Crippen molar-refractivity contribution in [2.75, 3.05) is 6.61 Å². The first-order chi connectivity index (χ1) is 6.74. The molecule has 3 nitrogen and oxygen atoms in total. The highest BCUT2D eigenvalue weighted by Crippen LogP contribution is 2.15. The van der Waals surface area contributed by atoms with Crippen LogP contribution < -0.4 is 0 Å². The average Bonchev–Trinajstić information content (AvgIpc) is 2.17. The fraction of sp³-hybridized carbons (Fsp3) is 0.200. The van der Waals surface area contributed by atoms with Gasteiger partial charge in [0.15, 0.2) is 0 Å². The predicted octanol–water partition coefficient (Wildman–Crippen LogP) is 2.42. The van der Waals surface area contributed by atoms with Gasteiger partial charge in [0, 0.05) is 22.9 Å². The van der Waals surface area contributed by atoms with Crippen molar-refractivity contribution in [1.82, 2.24) is 4.98 Å². The molecule has 1 heterocycles. The Morgan fingerprint density at radius 2 is 2.50 bits per heavy atom. The number of esters is 1. The Hall–Kier alpha value is -1.16. The third kappa shape index (κ3) is 3.30. The standard InChI is InChI=1S/C10H10BrNO2/c1-2-14-10(13)4-3-8-5-6-12-7-9(8)11/h3-7H,2H2,1H3. The summed E-state index contributed by atoms with van der Waals surface area (Å²) in [6.45, 7) is 2.16. The highest BCUT2D eigenvalue weighted by atomic mass is 79.9. The summed E-state index contributed by atoms with van der Waals surface area (Å²) in [4.78, 5) is 14.9.